The van der Waals surface area contributed by atoms with E-state index in [0.29, 0.717) is 6.42 Å². The molecule has 0 unspecified atom stereocenters. The van der Waals surface area contributed by atoms with Crippen molar-refractivity contribution >= 4 is 24.1 Å². The highest BCUT2D eigenvalue weighted by molar-refractivity contribution is 7.89. The molecule has 2 aromatic carbocycles. The standard InChI is InChI=1S/C26H37NO4SSi/c1-21-12-11-17-24(27(21)32(29,30)18-19-33(2,3)4)20-25(28)31-26(22-13-7-5-8-14-22)23-15-9-6-10-16-23/h5-10,13-16,21,24,26H,11-12,17-20H2,1-4H3/t21-,24-/m0/s1. The minimum absolute atomic E-state index is 0.0761. The van der Waals surface area contributed by atoms with Crippen molar-refractivity contribution < 1.29 is 17.9 Å². The molecule has 1 aliphatic heterocycles. The van der Waals surface area contributed by atoms with Gasteiger partial charge in [-0.15, -0.1) is 0 Å². The summed E-state index contributed by atoms with van der Waals surface area (Å²) >= 11 is 0. The Hall–Kier alpha value is -1.96. The molecule has 0 saturated carbocycles. The Labute approximate surface area is 200 Å². The lowest BCUT2D eigenvalue weighted by atomic mass is 9.97. The van der Waals surface area contributed by atoms with E-state index in [2.05, 4.69) is 19.6 Å². The number of benzene rings is 2. The van der Waals surface area contributed by atoms with Crippen molar-refractivity contribution in [2.24, 2.45) is 0 Å². The van der Waals surface area contributed by atoms with Gasteiger partial charge in [-0.1, -0.05) is 86.7 Å². The van der Waals surface area contributed by atoms with Crippen LogP contribution in [-0.2, 0) is 19.6 Å². The molecule has 0 N–H and O–H groups in total. The van der Waals surface area contributed by atoms with Crippen molar-refractivity contribution in [3.63, 3.8) is 0 Å². The summed E-state index contributed by atoms with van der Waals surface area (Å²) in [5, 5.41) is 0. The molecule has 5 nitrogen and oxygen atoms in total. The number of sulfonamides is 1. The molecular weight excluding hydrogens is 450 g/mol. The molecule has 0 spiro atoms. The lowest BCUT2D eigenvalue weighted by Gasteiger charge is -2.39. The van der Waals surface area contributed by atoms with Crippen LogP contribution >= 0.6 is 0 Å². The normalized spacial score (nSPS) is 20.0. The Bertz CT molecular complexity index is 966. The van der Waals surface area contributed by atoms with Gasteiger partial charge < -0.3 is 4.74 Å². The van der Waals surface area contributed by atoms with E-state index in [1.807, 2.05) is 67.6 Å². The second kappa shape index (κ2) is 11.0. The molecule has 2 atom stereocenters. The first-order valence-electron chi connectivity index (χ1n) is 11.9. The summed E-state index contributed by atoms with van der Waals surface area (Å²) in [7, 11) is -4.93. The van der Waals surface area contributed by atoms with E-state index in [9.17, 15) is 13.2 Å². The average Bonchev–Trinajstić information content (AvgIpc) is 2.77. The fourth-order valence-electron chi connectivity index (χ4n) is 4.45. The minimum Gasteiger partial charge on any atom is -0.452 e. The van der Waals surface area contributed by atoms with Gasteiger partial charge in [0, 0.05) is 20.2 Å². The zero-order valence-corrected chi connectivity index (χ0v) is 22.1. The van der Waals surface area contributed by atoms with Crippen LogP contribution in [0, 0.1) is 0 Å². The third kappa shape index (κ3) is 7.26. The van der Waals surface area contributed by atoms with Gasteiger partial charge in [-0.3, -0.25) is 4.79 Å². The molecule has 1 fully saturated rings. The molecule has 7 heteroatoms. The summed E-state index contributed by atoms with van der Waals surface area (Å²) in [4.78, 5) is 13.1. The van der Waals surface area contributed by atoms with Crippen molar-refractivity contribution in [3.8, 4) is 0 Å². The van der Waals surface area contributed by atoms with Gasteiger partial charge in [-0.25, -0.2) is 8.42 Å². The van der Waals surface area contributed by atoms with Gasteiger partial charge >= 0.3 is 5.97 Å². The summed E-state index contributed by atoms with van der Waals surface area (Å²) < 4.78 is 34.2. The van der Waals surface area contributed by atoms with Crippen LogP contribution in [0.3, 0.4) is 0 Å². The number of hydrogen-bond acceptors (Lipinski definition) is 4. The molecule has 180 valence electrons. The molecule has 0 aromatic heterocycles. The van der Waals surface area contributed by atoms with E-state index in [4.69, 9.17) is 4.74 Å². The molecular formula is C26H37NO4SSi. The maximum Gasteiger partial charge on any atom is 0.308 e. The highest BCUT2D eigenvalue weighted by Gasteiger charge is 2.39. The summed E-state index contributed by atoms with van der Waals surface area (Å²) in [6.45, 7) is 8.51. The number of nitrogens with zero attached hydrogens (tertiary/aromatic N) is 1. The van der Waals surface area contributed by atoms with Crippen LogP contribution in [0.4, 0.5) is 0 Å². The predicted molar refractivity (Wildman–Crippen MR) is 136 cm³/mol. The van der Waals surface area contributed by atoms with Gasteiger partial charge in [0.05, 0.1) is 12.2 Å². The summed E-state index contributed by atoms with van der Waals surface area (Å²) in [6, 6.07) is 19.6. The van der Waals surface area contributed by atoms with Crippen LogP contribution in [0.25, 0.3) is 0 Å². The smallest absolute Gasteiger partial charge is 0.308 e. The highest BCUT2D eigenvalue weighted by Crippen LogP contribution is 2.31. The molecule has 1 heterocycles. The molecule has 2 aromatic rings. The molecule has 33 heavy (non-hydrogen) atoms. The Kier molecular flexibility index (Phi) is 8.53. The Morgan fingerprint density at radius 3 is 2.06 bits per heavy atom. The molecule has 0 bridgehead atoms. The maximum atomic E-state index is 13.3. The molecule has 0 amide bonds. The van der Waals surface area contributed by atoms with E-state index in [0.717, 1.165) is 30.0 Å². The number of ether oxygens (including phenoxy) is 1. The van der Waals surface area contributed by atoms with Gasteiger partial charge in [0.15, 0.2) is 6.10 Å². The summed E-state index contributed by atoms with van der Waals surface area (Å²) in [5.74, 6) is -0.202. The van der Waals surface area contributed by atoms with Gasteiger partial charge in [-0.05, 0) is 36.9 Å². The topological polar surface area (TPSA) is 63.7 Å². The van der Waals surface area contributed by atoms with Crippen LogP contribution in [0.15, 0.2) is 60.7 Å². The zero-order chi connectivity index (χ0) is 24.1. The highest BCUT2D eigenvalue weighted by atomic mass is 32.2. The number of carbonyl (C=O) groups is 1. The molecule has 0 radical (unpaired) electrons. The van der Waals surface area contributed by atoms with Crippen LogP contribution < -0.4 is 0 Å². The van der Waals surface area contributed by atoms with E-state index < -0.39 is 24.2 Å². The molecule has 1 aliphatic rings. The van der Waals surface area contributed by atoms with Gasteiger partial charge in [0.25, 0.3) is 0 Å². The van der Waals surface area contributed by atoms with Gasteiger partial charge in [0.2, 0.25) is 10.0 Å². The van der Waals surface area contributed by atoms with E-state index in [1.54, 1.807) is 4.31 Å². The average molecular weight is 488 g/mol. The number of hydrogen-bond donors (Lipinski definition) is 0. The Morgan fingerprint density at radius 2 is 1.55 bits per heavy atom. The van der Waals surface area contributed by atoms with Crippen LogP contribution in [0.1, 0.15) is 49.8 Å². The van der Waals surface area contributed by atoms with Crippen molar-refractivity contribution in [3.05, 3.63) is 71.8 Å². The monoisotopic (exact) mass is 487 g/mol. The van der Waals surface area contributed by atoms with E-state index in [-0.39, 0.29) is 30.2 Å². The molecule has 1 saturated heterocycles. The third-order valence-corrected chi connectivity index (χ3v) is 10.4. The first kappa shape index (κ1) is 25.7. The van der Waals surface area contributed by atoms with Gasteiger partial charge in [0.1, 0.15) is 0 Å². The Morgan fingerprint density at radius 1 is 1.00 bits per heavy atom. The van der Waals surface area contributed by atoms with Crippen molar-refractivity contribution in [2.75, 3.05) is 5.75 Å². The molecule has 0 aliphatic carbocycles. The first-order chi connectivity index (χ1) is 15.6. The lowest BCUT2D eigenvalue weighted by molar-refractivity contribution is -0.149. The SMILES string of the molecule is C[C@H]1CCC[C@@H](CC(=O)OC(c2ccccc2)c2ccccc2)N1S(=O)(=O)CC[Si](C)(C)C. The van der Waals surface area contributed by atoms with Crippen LogP contribution in [0.5, 0.6) is 0 Å². The van der Waals surface area contributed by atoms with Crippen LogP contribution in [0.2, 0.25) is 25.7 Å². The largest absolute Gasteiger partial charge is 0.452 e. The van der Waals surface area contributed by atoms with Gasteiger partial charge in [-0.2, -0.15) is 4.31 Å². The number of esters is 1. The zero-order valence-electron chi connectivity index (χ0n) is 20.2. The number of carbonyl (C=O) groups excluding carboxylic acids is 1. The van der Waals surface area contributed by atoms with Crippen LogP contribution in [-0.4, -0.2) is 44.6 Å². The fourth-order valence-corrected chi connectivity index (χ4v) is 9.43. The summed E-state index contributed by atoms with van der Waals surface area (Å²) in [6.07, 6.45) is 1.99. The number of rotatable bonds is 9. The number of piperidine rings is 1. The molecule has 3 rings (SSSR count). The predicted octanol–water partition coefficient (Wildman–Crippen LogP) is 5.62. The maximum absolute atomic E-state index is 13.3. The van der Waals surface area contributed by atoms with E-state index >= 15 is 0 Å². The summed E-state index contributed by atoms with van der Waals surface area (Å²) in [5.41, 5.74) is 1.79. The quantitative estimate of drug-likeness (QED) is 0.340. The Balaban J connectivity index is 1.77. The lowest BCUT2D eigenvalue weighted by Crippen LogP contribution is -2.50. The fraction of sp³-hybridized carbons (Fsp3) is 0.500. The van der Waals surface area contributed by atoms with Crippen molar-refractivity contribution in [2.45, 2.75) is 76.5 Å². The van der Waals surface area contributed by atoms with Crippen molar-refractivity contribution in [1.82, 2.24) is 4.31 Å². The van der Waals surface area contributed by atoms with Crippen molar-refractivity contribution in [1.29, 1.82) is 0 Å². The minimum atomic E-state index is -3.43. The first-order valence-corrected chi connectivity index (χ1v) is 17.2. The third-order valence-electron chi connectivity index (χ3n) is 6.24. The second-order valence-corrected chi connectivity index (χ2v) is 17.9. The second-order valence-electron chi connectivity index (χ2n) is 10.3. The van der Waals surface area contributed by atoms with E-state index in [1.165, 1.54) is 0 Å².